The Morgan fingerprint density at radius 1 is 1.69 bits per heavy atom. The van der Waals surface area contributed by atoms with Crippen LogP contribution in [0.2, 0.25) is 0 Å². The molecule has 0 aliphatic heterocycles. The number of hydrogen-bond acceptors (Lipinski definition) is 3. The van der Waals surface area contributed by atoms with Gasteiger partial charge in [0.2, 0.25) is 0 Å². The first-order valence-electron chi connectivity index (χ1n) is 4.10. The van der Waals surface area contributed by atoms with Gasteiger partial charge in [0.25, 0.3) is 0 Å². The molecule has 0 fully saturated rings. The van der Waals surface area contributed by atoms with E-state index >= 15 is 0 Å². The van der Waals surface area contributed by atoms with Gasteiger partial charge in [-0.3, -0.25) is 9.36 Å². The quantitative estimate of drug-likeness (QED) is 0.649. The Morgan fingerprint density at radius 2 is 2.31 bits per heavy atom. The molecule has 0 saturated carbocycles. The Balaban J connectivity index is 3.63. The smallest absolute Gasteiger partial charge is 0.317 e. The predicted molar refractivity (Wildman–Crippen MR) is 46.6 cm³/mol. The average molecular weight is 212 g/mol. The molecule has 0 heterocycles. The number of ketones is 1. The molecule has 78 valence electrons. The van der Waals surface area contributed by atoms with E-state index in [1.54, 1.807) is 0 Å². The van der Waals surface area contributed by atoms with Gasteiger partial charge in [-0.2, -0.15) is 0 Å². The topological polar surface area (TPSA) is 63.6 Å². The van der Waals surface area contributed by atoms with Crippen LogP contribution in [0.4, 0.5) is 4.39 Å². The van der Waals surface area contributed by atoms with Crippen molar-refractivity contribution < 1.29 is 23.2 Å². The predicted octanol–water partition coefficient (Wildman–Crippen LogP) is 1.48. The fourth-order valence-electron chi connectivity index (χ4n) is 0.768. The van der Waals surface area contributed by atoms with Crippen molar-refractivity contribution in [1.82, 2.24) is 0 Å². The monoisotopic (exact) mass is 212 g/mol. The van der Waals surface area contributed by atoms with E-state index in [-0.39, 0.29) is 6.42 Å². The summed E-state index contributed by atoms with van der Waals surface area (Å²) < 4.78 is 27.0. The third kappa shape index (κ3) is 6.87. The first-order chi connectivity index (χ1) is 6.07. The van der Waals surface area contributed by atoms with E-state index in [1.807, 2.05) is 6.92 Å². The van der Waals surface area contributed by atoms with Crippen LogP contribution >= 0.6 is 8.25 Å². The van der Waals surface area contributed by atoms with Crippen molar-refractivity contribution in [3.63, 3.8) is 0 Å². The number of Topliss-reactive ketones (excluding diaryl/α,β-unsaturated/α-hetero) is 1. The summed E-state index contributed by atoms with van der Waals surface area (Å²) in [6.45, 7) is 1.28. The van der Waals surface area contributed by atoms with E-state index in [1.165, 1.54) is 0 Å². The molecule has 6 heteroatoms. The number of rotatable bonds is 7. The zero-order valence-corrected chi connectivity index (χ0v) is 8.46. The molecule has 13 heavy (non-hydrogen) atoms. The van der Waals surface area contributed by atoms with Gasteiger partial charge in [0, 0.05) is 0 Å². The maximum atomic E-state index is 12.8. The lowest BCUT2D eigenvalue weighted by atomic mass is 10.1. The Kier molecular flexibility index (Phi) is 7.04. The third-order valence-electron chi connectivity index (χ3n) is 1.50. The van der Waals surface area contributed by atoms with E-state index in [4.69, 9.17) is 4.89 Å². The highest BCUT2D eigenvalue weighted by Gasteiger charge is 2.16. The molecule has 1 unspecified atom stereocenters. The summed E-state index contributed by atoms with van der Waals surface area (Å²) in [7, 11) is -3.12. The van der Waals surface area contributed by atoms with Crippen molar-refractivity contribution in [1.29, 1.82) is 0 Å². The lowest BCUT2D eigenvalue weighted by Gasteiger charge is -2.05. The minimum Gasteiger partial charge on any atom is -0.326 e. The van der Waals surface area contributed by atoms with Gasteiger partial charge in [0.1, 0.15) is 6.61 Å². The molecule has 2 atom stereocenters. The summed E-state index contributed by atoms with van der Waals surface area (Å²) in [6, 6.07) is 0. The number of alkyl halides is 1. The molecule has 0 aromatic heterocycles. The van der Waals surface area contributed by atoms with Gasteiger partial charge in [0.05, 0.1) is 0 Å². The zero-order chi connectivity index (χ0) is 10.3. The first kappa shape index (κ1) is 12.8. The SMILES string of the molecule is CCCC[C@H](F)C(=O)CO[PH](=O)O. The Labute approximate surface area is 77.0 Å². The first-order valence-corrected chi connectivity index (χ1v) is 5.36. The number of unbranched alkanes of at least 4 members (excludes halogenated alkanes) is 1. The molecule has 0 bridgehead atoms. The Bertz CT molecular complexity index is 185. The van der Waals surface area contributed by atoms with Crippen LogP contribution in [-0.4, -0.2) is 23.5 Å². The van der Waals surface area contributed by atoms with E-state index in [2.05, 4.69) is 4.52 Å². The van der Waals surface area contributed by atoms with E-state index in [0.29, 0.717) is 6.42 Å². The summed E-state index contributed by atoms with van der Waals surface area (Å²) in [5.74, 6) is -0.763. The summed E-state index contributed by atoms with van der Waals surface area (Å²) in [4.78, 5) is 19.0. The maximum Gasteiger partial charge on any atom is 0.317 e. The number of hydrogen-bond donors (Lipinski definition) is 1. The van der Waals surface area contributed by atoms with Crippen molar-refractivity contribution in [3.8, 4) is 0 Å². The molecule has 0 saturated heterocycles. The van der Waals surface area contributed by atoms with Crippen LogP contribution in [0.15, 0.2) is 0 Å². The summed E-state index contributed by atoms with van der Waals surface area (Å²) >= 11 is 0. The van der Waals surface area contributed by atoms with Crippen LogP contribution in [0, 0.1) is 0 Å². The fraction of sp³-hybridized carbons (Fsp3) is 0.857. The highest BCUT2D eigenvalue weighted by Crippen LogP contribution is 2.15. The van der Waals surface area contributed by atoms with Gasteiger partial charge in [0.15, 0.2) is 12.0 Å². The van der Waals surface area contributed by atoms with Gasteiger partial charge in [-0.05, 0) is 6.42 Å². The summed E-state index contributed by atoms with van der Waals surface area (Å²) in [5.41, 5.74) is 0. The largest absolute Gasteiger partial charge is 0.326 e. The Hall–Kier alpha value is -0.250. The molecule has 0 aromatic rings. The van der Waals surface area contributed by atoms with E-state index in [9.17, 15) is 13.8 Å². The number of carbonyl (C=O) groups excluding carboxylic acids is 1. The van der Waals surface area contributed by atoms with Crippen molar-refractivity contribution in [2.24, 2.45) is 0 Å². The molecule has 0 radical (unpaired) electrons. The molecule has 0 amide bonds. The number of halogens is 1. The van der Waals surface area contributed by atoms with Crippen LogP contribution in [0.1, 0.15) is 26.2 Å². The molecule has 0 aliphatic rings. The zero-order valence-electron chi connectivity index (χ0n) is 7.46. The third-order valence-corrected chi connectivity index (χ3v) is 1.89. The standard InChI is InChI=1S/C7H14FO4P/c1-2-3-4-6(8)7(9)5-12-13(10)11/h6,13H,2-5H2,1H3,(H,10,11)/t6-/m0/s1. The molecule has 0 aliphatic carbocycles. The van der Waals surface area contributed by atoms with Crippen molar-refractivity contribution in [3.05, 3.63) is 0 Å². The highest BCUT2D eigenvalue weighted by atomic mass is 31.1. The minimum atomic E-state index is -3.12. The van der Waals surface area contributed by atoms with E-state index in [0.717, 1.165) is 6.42 Å². The second-order valence-electron chi connectivity index (χ2n) is 2.63. The van der Waals surface area contributed by atoms with Gasteiger partial charge in [-0.25, -0.2) is 4.39 Å². The van der Waals surface area contributed by atoms with Crippen LogP contribution in [0.25, 0.3) is 0 Å². The second-order valence-corrected chi connectivity index (χ2v) is 3.45. The van der Waals surface area contributed by atoms with Crippen LogP contribution in [0.3, 0.4) is 0 Å². The molecular weight excluding hydrogens is 198 g/mol. The van der Waals surface area contributed by atoms with Crippen molar-refractivity contribution in [2.45, 2.75) is 32.4 Å². The van der Waals surface area contributed by atoms with Crippen LogP contribution in [0.5, 0.6) is 0 Å². The highest BCUT2D eigenvalue weighted by molar-refractivity contribution is 7.32. The van der Waals surface area contributed by atoms with Crippen molar-refractivity contribution >= 4 is 14.0 Å². The second kappa shape index (κ2) is 7.18. The molecular formula is C7H14FO4P. The maximum absolute atomic E-state index is 12.8. The molecule has 0 spiro atoms. The minimum absolute atomic E-state index is 0.158. The molecule has 1 N–H and O–H groups in total. The van der Waals surface area contributed by atoms with Gasteiger partial charge < -0.3 is 9.42 Å². The summed E-state index contributed by atoms with van der Waals surface area (Å²) in [5, 5.41) is 0. The Morgan fingerprint density at radius 3 is 2.77 bits per heavy atom. The lowest BCUT2D eigenvalue weighted by molar-refractivity contribution is -0.126. The fourth-order valence-corrected chi connectivity index (χ4v) is 1.03. The molecule has 4 nitrogen and oxygen atoms in total. The van der Waals surface area contributed by atoms with Gasteiger partial charge in [-0.15, -0.1) is 0 Å². The van der Waals surface area contributed by atoms with Crippen molar-refractivity contribution in [2.75, 3.05) is 6.61 Å². The van der Waals surface area contributed by atoms with Gasteiger partial charge >= 0.3 is 8.25 Å². The van der Waals surface area contributed by atoms with Crippen LogP contribution < -0.4 is 0 Å². The molecule has 0 aromatic carbocycles. The van der Waals surface area contributed by atoms with Crippen LogP contribution in [-0.2, 0) is 13.9 Å². The summed E-state index contributed by atoms with van der Waals surface area (Å²) in [6.07, 6.45) is 0.0264. The average Bonchev–Trinajstić information content (AvgIpc) is 2.10. The molecule has 0 rings (SSSR count). The van der Waals surface area contributed by atoms with E-state index < -0.39 is 26.8 Å². The lowest BCUT2D eigenvalue weighted by Crippen LogP contribution is -2.19. The van der Waals surface area contributed by atoms with Gasteiger partial charge in [-0.1, -0.05) is 19.8 Å². The number of carbonyl (C=O) groups is 1. The normalized spacial score (nSPS) is 15.3.